The number of pyridine rings is 1. The Bertz CT molecular complexity index is 439. The number of carbonyl (C=O) groups is 1. The highest BCUT2D eigenvalue weighted by molar-refractivity contribution is 5.95. The topological polar surface area (TPSA) is 79.5 Å². The van der Waals surface area contributed by atoms with Crippen LogP contribution in [0.4, 0.5) is 10.2 Å². The Kier molecular flexibility index (Phi) is 3.23. The second kappa shape index (κ2) is 4.67. The number of rotatable bonds is 1. The molecule has 1 fully saturated rings. The van der Waals surface area contributed by atoms with E-state index in [2.05, 4.69) is 4.98 Å². The average Bonchev–Trinajstić information content (AvgIpc) is 2.32. The molecular weight excluding hydrogens is 225 g/mol. The molecular formula is C11H14FN3O2. The van der Waals surface area contributed by atoms with Crippen molar-refractivity contribution >= 4 is 11.7 Å². The first-order chi connectivity index (χ1) is 8.09. The minimum absolute atomic E-state index is 0.0911. The molecule has 17 heavy (non-hydrogen) atoms. The molecule has 0 aliphatic carbocycles. The number of aliphatic hydroxyl groups excluding tert-OH is 1. The lowest BCUT2D eigenvalue weighted by Crippen LogP contribution is -2.42. The van der Waals surface area contributed by atoms with E-state index in [0.717, 1.165) is 6.42 Å². The second-order valence-electron chi connectivity index (χ2n) is 4.10. The maximum atomic E-state index is 13.6. The lowest BCUT2D eigenvalue weighted by molar-refractivity contribution is 0.0470. The van der Waals surface area contributed by atoms with Crippen LogP contribution >= 0.6 is 0 Å². The molecule has 0 aromatic carbocycles. The summed E-state index contributed by atoms with van der Waals surface area (Å²) in [6.45, 7) is 0.762. The van der Waals surface area contributed by atoms with Crippen molar-refractivity contribution in [2.45, 2.75) is 18.9 Å². The van der Waals surface area contributed by atoms with Gasteiger partial charge in [-0.2, -0.15) is 0 Å². The molecule has 0 saturated carbocycles. The van der Waals surface area contributed by atoms with Crippen LogP contribution < -0.4 is 5.73 Å². The third kappa shape index (κ3) is 2.36. The fourth-order valence-corrected chi connectivity index (χ4v) is 1.93. The molecule has 1 saturated heterocycles. The van der Waals surface area contributed by atoms with E-state index in [4.69, 9.17) is 5.73 Å². The lowest BCUT2D eigenvalue weighted by atomic mass is 10.1. The third-order valence-electron chi connectivity index (χ3n) is 2.83. The highest BCUT2D eigenvalue weighted by atomic mass is 19.1. The summed E-state index contributed by atoms with van der Waals surface area (Å²) in [6, 6.07) is 1.30. The van der Waals surface area contributed by atoms with Crippen LogP contribution in [-0.2, 0) is 0 Å². The molecule has 0 spiro atoms. The predicted octanol–water partition coefficient (Wildman–Crippen LogP) is 0.400. The van der Waals surface area contributed by atoms with E-state index in [9.17, 15) is 14.3 Å². The van der Waals surface area contributed by atoms with E-state index in [1.54, 1.807) is 0 Å². The lowest BCUT2D eigenvalue weighted by Gasteiger charge is -2.30. The molecule has 2 rings (SSSR count). The van der Waals surface area contributed by atoms with Crippen molar-refractivity contribution in [3.63, 3.8) is 0 Å². The Morgan fingerprint density at radius 1 is 1.65 bits per heavy atom. The highest BCUT2D eigenvalue weighted by Crippen LogP contribution is 2.17. The van der Waals surface area contributed by atoms with E-state index < -0.39 is 17.8 Å². The number of piperidine rings is 1. The number of carbonyl (C=O) groups excluding carboxylic acids is 1. The molecule has 1 aromatic rings. The Hall–Kier alpha value is -1.69. The summed E-state index contributed by atoms with van der Waals surface area (Å²) in [5.41, 5.74) is 5.22. The highest BCUT2D eigenvalue weighted by Gasteiger charge is 2.25. The summed E-state index contributed by atoms with van der Waals surface area (Å²) in [5.74, 6) is -1.53. The molecule has 1 aliphatic heterocycles. The van der Waals surface area contributed by atoms with E-state index in [1.807, 2.05) is 0 Å². The van der Waals surface area contributed by atoms with Crippen molar-refractivity contribution in [1.82, 2.24) is 9.88 Å². The van der Waals surface area contributed by atoms with Gasteiger partial charge in [0.25, 0.3) is 5.91 Å². The number of nitrogens with two attached hydrogens (primary N) is 1. The molecule has 1 amide bonds. The molecule has 1 aromatic heterocycles. The van der Waals surface area contributed by atoms with Crippen molar-refractivity contribution in [3.8, 4) is 0 Å². The van der Waals surface area contributed by atoms with Crippen LogP contribution in [0, 0.1) is 5.82 Å². The van der Waals surface area contributed by atoms with Crippen molar-refractivity contribution in [2.75, 3.05) is 18.8 Å². The zero-order chi connectivity index (χ0) is 12.4. The zero-order valence-electron chi connectivity index (χ0n) is 9.27. The summed E-state index contributed by atoms with van der Waals surface area (Å²) >= 11 is 0. The number of hydrogen-bond donors (Lipinski definition) is 2. The van der Waals surface area contributed by atoms with Gasteiger partial charge in [-0.15, -0.1) is 0 Å². The van der Waals surface area contributed by atoms with Gasteiger partial charge in [-0.25, -0.2) is 9.37 Å². The first kappa shape index (κ1) is 11.8. The smallest absolute Gasteiger partial charge is 0.257 e. The van der Waals surface area contributed by atoms with E-state index in [0.29, 0.717) is 13.0 Å². The number of aliphatic hydroxyl groups is 1. The Labute approximate surface area is 98.1 Å². The number of likely N-dealkylation sites (tertiary alicyclic amines) is 1. The zero-order valence-corrected chi connectivity index (χ0v) is 9.27. The second-order valence-corrected chi connectivity index (χ2v) is 4.10. The molecule has 6 heteroatoms. The number of aromatic nitrogens is 1. The van der Waals surface area contributed by atoms with Crippen LogP contribution in [0.15, 0.2) is 12.3 Å². The van der Waals surface area contributed by atoms with Crippen LogP contribution in [0.2, 0.25) is 0 Å². The monoisotopic (exact) mass is 239 g/mol. The number of anilines is 1. The minimum atomic E-state index is -0.794. The van der Waals surface area contributed by atoms with Crippen LogP contribution in [0.3, 0.4) is 0 Å². The first-order valence-electron chi connectivity index (χ1n) is 5.47. The Balaban J connectivity index is 2.22. The van der Waals surface area contributed by atoms with Crippen LogP contribution in [-0.4, -0.2) is 40.1 Å². The summed E-state index contributed by atoms with van der Waals surface area (Å²) in [6.07, 6.45) is 2.15. The van der Waals surface area contributed by atoms with Gasteiger partial charge in [0.1, 0.15) is 0 Å². The summed E-state index contributed by atoms with van der Waals surface area (Å²) in [7, 11) is 0. The molecule has 3 N–H and O–H groups in total. The fourth-order valence-electron chi connectivity index (χ4n) is 1.93. The molecule has 0 bridgehead atoms. The summed E-state index contributed by atoms with van der Waals surface area (Å²) in [5, 5.41) is 9.47. The van der Waals surface area contributed by atoms with E-state index in [1.165, 1.54) is 17.2 Å². The predicted molar refractivity (Wildman–Crippen MR) is 59.8 cm³/mol. The number of hydrogen-bond acceptors (Lipinski definition) is 4. The fraction of sp³-hybridized carbons (Fsp3) is 0.455. The standard InChI is InChI=1S/C11H14FN3O2/c12-9-8(3-4-14-10(9)13)11(17)15-5-1-2-7(16)6-15/h3-4,7,16H,1-2,5-6H2,(H2,13,14). The molecule has 0 radical (unpaired) electrons. The summed E-state index contributed by atoms with van der Waals surface area (Å²) in [4.78, 5) is 17.0. The van der Waals surface area contributed by atoms with Gasteiger partial charge in [0, 0.05) is 19.3 Å². The van der Waals surface area contributed by atoms with Crippen LogP contribution in [0.1, 0.15) is 23.2 Å². The van der Waals surface area contributed by atoms with Gasteiger partial charge in [0.15, 0.2) is 11.6 Å². The molecule has 1 atom stereocenters. The van der Waals surface area contributed by atoms with Crippen molar-refractivity contribution in [1.29, 1.82) is 0 Å². The molecule has 92 valence electrons. The van der Waals surface area contributed by atoms with Gasteiger partial charge in [0.2, 0.25) is 0 Å². The van der Waals surface area contributed by atoms with Crippen molar-refractivity contribution in [2.24, 2.45) is 0 Å². The van der Waals surface area contributed by atoms with Crippen LogP contribution in [0.25, 0.3) is 0 Å². The minimum Gasteiger partial charge on any atom is -0.391 e. The SMILES string of the molecule is Nc1nccc(C(=O)N2CCCC(O)C2)c1F. The first-order valence-corrected chi connectivity index (χ1v) is 5.47. The molecule has 5 nitrogen and oxygen atoms in total. The third-order valence-corrected chi connectivity index (χ3v) is 2.83. The van der Waals surface area contributed by atoms with Crippen molar-refractivity contribution < 1.29 is 14.3 Å². The van der Waals surface area contributed by atoms with Gasteiger partial charge in [-0.1, -0.05) is 0 Å². The molecule has 2 heterocycles. The van der Waals surface area contributed by atoms with Gasteiger partial charge in [-0.05, 0) is 18.9 Å². The Morgan fingerprint density at radius 2 is 2.41 bits per heavy atom. The number of nitrogens with zero attached hydrogens (tertiary/aromatic N) is 2. The van der Waals surface area contributed by atoms with E-state index in [-0.39, 0.29) is 17.9 Å². The van der Waals surface area contributed by atoms with Gasteiger partial charge < -0.3 is 15.7 Å². The quantitative estimate of drug-likeness (QED) is 0.743. The number of halogens is 1. The molecule has 1 unspecified atom stereocenters. The maximum absolute atomic E-state index is 13.6. The number of nitrogen functional groups attached to an aromatic ring is 1. The van der Waals surface area contributed by atoms with E-state index >= 15 is 0 Å². The van der Waals surface area contributed by atoms with Crippen LogP contribution in [0.5, 0.6) is 0 Å². The normalized spacial score (nSPS) is 20.4. The summed E-state index contributed by atoms with van der Waals surface area (Å²) < 4.78 is 13.6. The molecule has 1 aliphatic rings. The van der Waals surface area contributed by atoms with Gasteiger partial charge in [-0.3, -0.25) is 4.79 Å². The Morgan fingerprint density at radius 3 is 3.12 bits per heavy atom. The maximum Gasteiger partial charge on any atom is 0.257 e. The van der Waals surface area contributed by atoms with Crippen molar-refractivity contribution in [3.05, 3.63) is 23.6 Å². The van der Waals surface area contributed by atoms with Gasteiger partial charge >= 0.3 is 0 Å². The van der Waals surface area contributed by atoms with Gasteiger partial charge in [0.05, 0.1) is 11.7 Å². The largest absolute Gasteiger partial charge is 0.391 e. The average molecular weight is 239 g/mol. The number of amides is 1. The number of β-amino-alcohol motifs (C(OH)–C–C–N with tert-alkyl or cyclic N) is 1.